The van der Waals surface area contributed by atoms with Crippen LogP contribution in [-0.4, -0.2) is 19.8 Å². The van der Waals surface area contributed by atoms with Crippen LogP contribution in [-0.2, 0) is 11.0 Å². The molecule has 1 amide bonds. The topological polar surface area (TPSA) is 44.7 Å². The summed E-state index contributed by atoms with van der Waals surface area (Å²) in [6, 6.07) is 3.56. The van der Waals surface area contributed by atoms with Crippen LogP contribution >= 0.6 is 0 Å². The predicted octanol–water partition coefficient (Wildman–Crippen LogP) is 3.66. The number of nitrogens with one attached hydrogen (secondary N) is 1. The lowest BCUT2D eigenvalue weighted by Gasteiger charge is -2.20. The molecule has 21 heavy (non-hydrogen) atoms. The molecular formula is C14H16F3N3O. The van der Waals surface area contributed by atoms with Gasteiger partial charge in [-0.2, -0.15) is 13.2 Å². The highest BCUT2D eigenvalue weighted by atomic mass is 19.4. The van der Waals surface area contributed by atoms with Gasteiger partial charge in [0, 0.05) is 18.9 Å². The number of hydrogen-bond acceptors (Lipinski definition) is 2. The number of hydrogen-bond donors (Lipinski definition) is 1. The maximum atomic E-state index is 13.1. The number of benzene rings is 1. The highest BCUT2D eigenvalue weighted by molar-refractivity contribution is 5.82. The molecule has 0 saturated carbocycles. The zero-order valence-electron chi connectivity index (χ0n) is 11.9. The quantitative estimate of drug-likeness (QED) is 0.512. The van der Waals surface area contributed by atoms with Gasteiger partial charge in [-0.3, -0.25) is 4.79 Å². The van der Waals surface area contributed by atoms with E-state index in [1.54, 1.807) is 6.20 Å². The Balaban J connectivity index is 3.19. The molecule has 7 heteroatoms. The second kappa shape index (κ2) is 6.92. The number of rotatable bonds is 5. The molecule has 0 bridgehead atoms. The number of alkyl halides is 3. The Morgan fingerprint density at radius 1 is 1.33 bits per heavy atom. The molecule has 1 aromatic rings. The minimum atomic E-state index is -4.53. The molecule has 1 aromatic carbocycles. The molecule has 4 nitrogen and oxygen atoms in total. The molecule has 0 aliphatic rings. The van der Waals surface area contributed by atoms with E-state index >= 15 is 0 Å². The average molecular weight is 299 g/mol. The van der Waals surface area contributed by atoms with Crippen molar-refractivity contribution in [2.75, 3.05) is 17.3 Å². The molecule has 0 heterocycles. The Labute approximate surface area is 121 Å². The highest BCUT2D eigenvalue weighted by Gasteiger charge is 2.34. The number of carbonyl (C=O) groups excluding carboxylic acids is 1. The minimum absolute atomic E-state index is 0.0511. The Morgan fingerprint density at radius 3 is 2.52 bits per heavy atom. The van der Waals surface area contributed by atoms with Gasteiger partial charge in [-0.05, 0) is 32.0 Å². The first-order chi connectivity index (χ1) is 9.75. The largest absolute Gasteiger partial charge is 0.418 e. The molecule has 0 unspecified atom stereocenters. The Bertz CT molecular complexity index is 561. The zero-order valence-corrected chi connectivity index (χ0v) is 11.9. The number of aliphatic imine (C=N–C) groups is 1. The van der Waals surface area contributed by atoms with Crippen LogP contribution in [0.3, 0.4) is 0 Å². The minimum Gasteiger partial charge on any atom is -0.335 e. The van der Waals surface area contributed by atoms with Crippen molar-refractivity contribution in [3.63, 3.8) is 0 Å². The van der Waals surface area contributed by atoms with Gasteiger partial charge in [0.1, 0.15) is 0 Å². The van der Waals surface area contributed by atoms with Crippen LogP contribution in [0.25, 0.3) is 0 Å². The molecule has 0 radical (unpaired) electrons. The van der Waals surface area contributed by atoms with Crippen molar-refractivity contribution >= 4 is 24.1 Å². The summed E-state index contributed by atoms with van der Waals surface area (Å²) in [7, 11) is 1.47. The van der Waals surface area contributed by atoms with Crippen molar-refractivity contribution < 1.29 is 18.0 Å². The zero-order chi connectivity index (χ0) is 16.0. The first-order valence-corrected chi connectivity index (χ1v) is 6.06. The highest BCUT2D eigenvalue weighted by Crippen LogP contribution is 2.37. The van der Waals surface area contributed by atoms with Crippen molar-refractivity contribution in [2.45, 2.75) is 20.0 Å². The van der Waals surface area contributed by atoms with E-state index in [1.807, 2.05) is 13.8 Å². The Morgan fingerprint density at radius 2 is 2.00 bits per heavy atom. The molecule has 0 aliphatic carbocycles. The second-order valence-corrected chi connectivity index (χ2v) is 4.57. The van der Waals surface area contributed by atoms with Gasteiger partial charge in [0.2, 0.25) is 6.41 Å². The van der Waals surface area contributed by atoms with Crippen LogP contribution < -0.4 is 10.2 Å². The molecule has 0 spiro atoms. The van der Waals surface area contributed by atoms with E-state index in [1.165, 1.54) is 30.4 Å². The predicted molar refractivity (Wildman–Crippen MR) is 77.5 cm³/mol. The van der Waals surface area contributed by atoms with Crippen molar-refractivity contribution in [3.8, 4) is 0 Å². The molecule has 1 N–H and O–H groups in total. The van der Waals surface area contributed by atoms with E-state index in [0.29, 0.717) is 6.41 Å². The maximum Gasteiger partial charge on any atom is 0.418 e. The van der Waals surface area contributed by atoms with E-state index in [9.17, 15) is 18.0 Å². The first kappa shape index (κ1) is 16.7. The van der Waals surface area contributed by atoms with Gasteiger partial charge in [0.05, 0.1) is 17.6 Å². The van der Waals surface area contributed by atoms with E-state index in [-0.39, 0.29) is 11.4 Å². The van der Waals surface area contributed by atoms with Crippen LogP contribution in [0.5, 0.6) is 0 Å². The number of amides is 1. The lowest BCUT2D eigenvalue weighted by Crippen LogP contribution is -2.19. The summed E-state index contributed by atoms with van der Waals surface area (Å²) in [5.74, 6) is 0. The van der Waals surface area contributed by atoms with Gasteiger partial charge < -0.3 is 10.2 Å². The summed E-state index contributed by atoms with van der Waals surface area (Å²) >= 11 is 0. The summed E-state index contributed by atoms with van der Waals surface area (Å²) in [5, 5.41) is 2.20. The Kier molecular flexibility index (Phi) is 5.52. The van der Waals surface area contributed by atoms with Crippen LogP contribution in [0.1, 0.15) is 19.4 Å². The number of halogens is 3. The van der Waals surface area contributed by atoms with Crippen LogP contribution in [0.4, 0.5) is 24.5 Å². The fourth-order valence-corrected chi connectivity index (χ4v) is 1.57. The molecule has 114 valence electrons. The molecule has 0 fully saturated rings. The van der Waals surface area contributed by atoms with E-state index in [4.69, 9.17) is 0 Å². The number of allylic oxidation sites excluding steroid dienone is 1. The Hall–Kier alpha value is -2.31. The van der Waals surface area contributed by atoms with Gasteiger partial charge >= 0.3 is 6.18 Å². The van der Waals surface area contributed by atoms with Crippen molar-refractivity contribution in [1.29, 1.82) is 0 Å². The van der Waals surface area contributed by atoms with E-state index < -0.39 is 11.7 Å². The molecule has 0 aliphatic heterocycles. The average Bonchev–Trinajstić information content (AvgIpc) is 2.37. The van der Waals surface area contributed by atoms with E-state index in [0.717, 1.165) is 11.6 Å². The summed E-state index contributed by atoms with van der Waals surface area (Å²) in [6.07, 6.45) is -1.36. The molecule has 0 atom stereocenters. The first-order valence-electron chi connectivity index (χ1n) is 6.06. The van der Waals surface area contributed by atoms with Gasteiger partial charge in [0.15, 0.2) is 0 Å². The van der Waals surface area contributed by atoms with Crippen molar-refractivity contribution in [1.82, 2.24) is 0 Å². The third-order valence-electron chi connectivity index (χ3n) is 2.48. The van der Waals surface area contributed by atoms with Gasteiger partial charge in [-0.1, -0.05) is 5.57 Å². The second-order valence-electron chi connectivity index (χ2n) is 4.57. The molecule has 1 rings (SSSR count). The fraction of sp³-hybridized carbons (Fsp3) is 0.286. The molecule has 0 saturated heterocycles. The molecule has 0 aromatic heterocycles. The number of nitrogens with zero attached hydrogens (tertiary/aromatic N) is 2. The molecular weight excluding hydrogens is 283 g/mol. The van der Waals surface area contributed by atoms with Crippen LogP contribution in [0, 0.1) is 0 Å². The van der Waals surface area contributed by atoms with Gasteiger partial charge in [-0.25, -0.2) is 4.99 Å². The third-order valence-corrected chi connectivity index (χ3v) is 2.48. The van der Waals surface area contributed by atoms with Crippen LogP contribution in [0.15, 0.2) is 35.0 Å². The monoisotopic (exact) mass is 299 g/mol. The van der Waals surface area contributed by atoms with Gasteiger partial charge in [0.25, 0.3) is 0 Å². The van der Waals surface area contributed by atoms with Crippen LogP contribution in [0.2, 0.25) is 0 Å². The van der Waals surface area contributed by atoms with Crippen molar-refractivity contribution in [3.05, 3.63) is 35.5 Å². The summed E-state index contributed by atoms with van der Waals surface area (Å²) in [6.45, 7) is 3.66. The summed E-state index contributed by atoms with van der Waals surface area (Å²) in [4.78, 5) is 15.5. The maximum absolute atomic E-state index is 13.1. The fourth-order valence-electron chi connectivity index (χ4n) is 1.57. The standard InChI is InChI=1S/C14H16F3N3O/c1-10(2)7-18-8-20(3)13-5-4-11(19-9-21)6-12(13)14(15,16)17/h4-9H,1-3H3,(H,19,21). The van der Waals surface area contributed by atoms with Crippen molar-refractivity contribution in [2.24, 2.45) is 4.99 Å². The third kappa shape index (κ3) is 4.94. The smallest absolute Gasteiger partial charge is 0.335 e. The lowest BCUT2D eigenvalue weighted by atomic mass is 10.1. The summed E-state index contributed by atoms with van der Waals surface area (Å²) < 4.78 is 39.2. The SMILES string of the molecule is CC(C)=CN=CN(C)c1ccc(NC=O)cc1C(F)(F)F. The number of anilines is 2. The van der Waals surface area contributed by atoms with Gasteiger partial charge in [-0.15, -0.1) is 0 Å². The number of carbonyl (C=O) groups is 1. The van der Waals surface area contributed by atoms with E-state index in [2.05, 4.69) is 10.3 Å². The summed E-state index contributed by atoms with van der Waals surface area (Å²) in [5.41, 5.74) is 0.113. The normalized spacial score (nSPS) is 11.3. The lowest BCUT2D eigenvalue weighted by molar-refractivity contribution is -0.137.